The van der Waals surface area contributed by atoms with Crippen molar-refractivity contribution in [2.24, 2.45) is 10.8 Å². The molecule has 1 fully saturated rings. The van der Waals surface area contributed by atoms with Crippen LogP contribution in [-0.2, 0) is 9.59 Å². The molecule has 1 aliphatic rings. The van der Waals surface area contributed by atoms with E-state index < -0.39 is 22.8 Å². The highest BCUT2D eigenvalue weighted by molar-refractivity contribution is 8.18. The Morgan fingerprint density at radius 2 is 1.36 bits per heavy atom. The number of hydrogen-bond donors (Lipinski definition) is 2. The van der Waals surface area contributed by atoms with Crippen molar-refractivity contribution in [3.63, 3.8) is 0 Å². The fourth-order valence-electron chi connectivity index (χ4n) is 3.97. The highest BCUT2D eigenvalue weighted by atomic mass is 32.2. The summed E-state index contributed by atoms with van der Waals surface area (Å²) in [5.74, 6) is 1.06. The SMILES string of the molecule is CCC(CC)(CCCCC1(CCCCC(C)(C)C(=O)O)SCCCS1)C(=O)O. The van der Waals surface area contributed by atoms with Gasteiger partial charge in [0.1, 0.15) is 0 Å². The molecule has 0 bridgehead atoms. The largest absolute Gasteiger partial charge is 0.481 e. The first-order chi connectivity index (χ1) is 13.1. The molecule has 0 amide bonds. The molecule has 0 aliphatic carbocycles. The number of rotatable bonds is 14. The second kappa shape index (κ2) is 11.7. The van der Waals surface area contributed by atoms with Gasteiger partial charge in [-0.05, 0) is 70.3 Å². The van der Waals surface area contributed by atoms with Crippen LogP contribution >= 0.6 is 23.5 Å². The lowest BCUT2D eigenvalue weighted by Gasteiger charge is -2.37. The molecule has 28 heavy (non-hydrogen) atoms. The maximum atomic E-state index is 11.7. The minimum Gasteiger partial charge on any atom is -0.481 e. The van der Waals surface area contributed by atoms with Gasteiger partial charge in [-0.3, -0.25) is 9.59 Å². The van der Waals surface area contributed by atoms with Gasteiger partial charge in [0.2, 0.25) is 0 Å². The third-order valence-corrected chi connectivity index (χ3v) is 10.0. The van der Waals surface area contributed by atoms with E-state index in [1.807, 2.05) is 27.7 Å². The molecule has 1 rings (SSSR count). The van der Waals surface area contributed by atoms with Crippen LogP contribution in [0.15, 0.2) is 0 Å². The summed E-state index contributed by atoms with van der Waals surface area (Å²) < 4.78 is 0.246. The van der Waals surface area contributed by atoms with Crippen molar-refractivity contribution in [2.45, 2.75) is 102 Å². The Labute approximate surface area is 180 Å². The molecule has 2 N–H and O–H groups in total. The minimum absolute atomic E-state index is 0.246. The predicted molar refractivity (Wildman–Crippen MR) is 121 cm³/mol. The van der Waals surface area contributed by atoms with E-state index in [0.29, 0.717) is 12.8 Å². The zero-order chi connectivity index (χ0) is 21.3. The number of thioether (sulfide) groups is 2. The van der Waals surface area contributed by atoms with Crippen LogP contribution < -0.4 is 0 Å². The Bertz CT molecular complexity index is 495. The summed E-state index contributed by atoms with van der Waals surface area (Å²) >= 11 is 4.16. The Morgan fingerprint density at radius 1 is 0.857 bits per heavy atom. The highest BCUT2D eigenvalue weighted by Crippen LogP contribution is 2.49. The molecule has 1 heterocycles. The van der Waals surface area contributed by atoms with Gasteiger partial charge in [-0.1, -0.05) is 39.5 Å². The number of aliphatic carboxylic acids is 2. The van der Waals surface area contributed by atoms with E-state index in [0.717, 1.165) is 51.4 Å². The normalized spacial score (nSPS) is 17.4. The van der Waals surface area contributed by atoms with Crippen molar-refractivity contribution in [3.05, 3.63) is 0 Å². The van der Waals surface area contributed by atoms with E-state index in [4.69, 9.17) is 0 Å². The molecule has 164 valence electrons. The number of carbonyl (C=O) groups is 2. The third kappa shape index (κ3) is 7.47. The van der Waals surface area contributed by atoms with Crippen LogP contribution in [0.5, 0.6) is 0 Å². The molecular weight excluding hydrogens is 392 g/mol. The topological polar surface area (TPSA) is 74.6 Å². The van der Waals surface area contributed by atoms with Crippen LogP contribution in [0.4, 0.5) is 0 Å². The zero-order valence-corrected chi connectivity index (χ0v) is 19.9. The molecule has 0 radical (unpaired) electrons. The van der Waals surface area contributed by atoms with Crippen LogP contribution in [0.1, 0.15) is 98.3 Å². The molecule has 0 aromatic rings. The zero-order valence-electron chi connectivity index (χ0n) is 18.2. The van der Waals surface area contributed by atoms with Crippen LogP contribution in [0.3, 0.4) is 0 Å². The standard InChI is InChI=1S/C22H40O4S2/c1-5-21(6-2,19(25)26)13-8-10-15-22(27-16-11-17-28-22)14-9-7-12-20(3,4)18(23)24/h5-17H2,1-4H3,(H,23,24)(H,25,26). The van der Waals surface area contributed by atoms with Gasteiger partial charge in [-0.25, -0.2) is 0 Å². The lowest BCUT2D eigenvalue weighted by Crippen LogP contribution is -2.30. The molecule has 0 aromatic carbocycles. The number of carboxylic acids is 2. The molecule has 1 saturated heterocycles. The molecule has 0 saturated carbocycles. The predicted octanol–water partition coefficient (Wildman–Crippen LogP) is 6.68. The summed E-state index contributed by atoms with van der Waals surface area (Å²) in [6, 6.07) is 0. The van der Waals surface area contributed by atoms with Crippen molar-refractivity contribution in [3.8, 4) is 0 Å². The van der Waals surface area contributed by atoms with E-state index in [-0.39, 0.29) is 4.08 Å². The third-order valence-electron chi connectivity index (χ3n) is 6.48. The second-order valence-electron chi connectivity index (χ2n) is 8.86. The van der Waals surface area contributed by atoms with E-state index in [1.54, 1.807) is 0 Å². The first kappa shape index (κ1) is 25.7. The van der Waals surface area contributed by atoms with Crippen molar-refractivity contribution >= 4 is 35.5 Å². The smallest absolute Gasteiger partial charge is 0.309 e. The van der Waals surface area contributed by atoms with Gasteiger partial charge in [-0.15, -0.1) is 23.5 Å². The van der Waals surface area contributed by atoms with Crippen LogP contribution in [0, 0.1) is 10.8 Å². The van der Waals surface area contributed by atoms with Gasteiger partial charge < -0.3 is 10.2 Å². The highest BCUT2D eigenvalue weighted by Gasteiger charge is 2.36. The number of hydrogen-bond acceptors (Lipinski definition) is 4. The Hall–Kier alpha value is -0.360. The average Bonchev–Trinajstić information content (AvgIpc) is 2.66. The summed E-state index contributed by atoms with van der Waals surface area (Å²) in [5.41, 5.74) is -1.19. The van der Waals surface area contributed by atoms with Crippen molar-refractivity contribution < 1.29 is 19.8 Å². The van der Waals surface area contributed by atoms with Crippen molar-refractivity contribution in [1.29, 1.82) is 0 Å². The molecule has 0 unspecified atom stereocenters. The lowest BCUT2D eigenvalue weighted by molar-refractivity contribution is -0.150. The van der Waals surface area contributed by atoms with E-state index in [1.165, 1.54) is 17.9 Å². The molecular formula is C22H40O4S2. The minimum atomic E-state index is -0.711. The van der Waals surface area contributed by atoms with Crippen LogP contribution in [-0.4, -0.2) is 37.7 Å². The second-order valence-corrected chi connectivity index (χ2v) is 12.1. The molecule has 0 aromatic heterocycles. The molecule has 0 atom stereocenters. The van der Waals surface area contributed by atoms with Gasteiger partial charge in [0.15, 0.2) is 0 Å². The Balaban J connectivity index is 2.51. The summed E-state index contributed by atoms with van der Waals surface area (Å²) in [6.07, 6.45) is 10.5. The van der Waals surface area contributed by atoms with Crippen LogP contribution in [0.2, 0.25) is 0 Å². The summed E-state index contributed by atoms with van der Waals surface area (Å²) in [5, 5.41) is 18.9. The van der Waals surface area contributed by atoms with Crippen molar-refractivity contribution in [2.75, 3.05) is 11.5 Å². The molecule has 6 heteroatoms. The first-order valence-electron chi connectivity index (χ1n) is 10.9. The summed E-state index contributed by atoms with van der Waals surface area (Å²) in [4.78, 5) is 23.0. The fourth-order valence-corrected chi connectivity index (χ4v) is 7.46. The van der Waals surface area contributed by atoms with E-state index in [9.17, 15) is 19.8 Å². The fraction of sp³-hybridized carbons (Fsp3) is 0.909. The van der Waals surface area contributed by atoms with Gasteiger partial charge in [0.25, 0.3) is 0 Å². The van der Waals surface area contributed by atoms with E-state index >= 15 is 0 Å². The van der Waals surface area contributed by atoms with Gasteiger partial charge in [0.05, 0.1) is 14.9 Å². The van der Waals surface area contributed by atoms with Gasteiger partial charge in [0, 0.05) is 0 Å². The quantitative estimate of drug-likeness (QED) is 0.298. The summed E-state index contributed by atoms with van der Waals surface area (Å²) in [7, 11) is 0. The average molecular weight is 433 g/mol. The van der Waals surface area contributed by atoms with E-state index in [2.05, 4.69) is 23.5 Å². The van der Waals surface area contributed by atoms with Gasteiger partial charge in [-0.2, -0.15) is 0 Å². The first-order valence-corrected chi connectivity index (χ1v) is 12.8. The Kier molecular flexibility index (Phi) is 10.8. The van der Waals surface area contributed by atoms with Gasteiger partial charge >= 0.3 is 11.9 Å². The van der Waals surface area contributed by atoms with Crippen molar-refractivity contribution in [1.82, 2.24) is 0 Å². The maximum Gasteiger partial charge on any atom is 0.309 e. The Morgan fingerprint density at radius 3 is 1.79 bits per heavy atom. The summed E-state index contributed by atoms with van der Waals surface area (Å²) in [6.45, 7) is 7.60. The maximum absolute atomic E-state index is 11.7. The lowest BCUT2D eigenvalue weighted by atomic mass is 9.78. The molecule has 1 aliphatic heterocycles. The number of carboxylic acid groups (broad SMARTS) is 2. The molecule has 4 nitrogen and oxygen atoms in total. The van der Waals surface area contributed by atoms with Crippen LogP contribution in [0.25, 0.3) is 0 Å². The number of unbranched alkanes of at least 4 members (excludes halogenated alkanes) is 2. The molecule has 0 spiro atoms. The monoisotopic (exact) mass is 432 g/mol.